The van der Waals surface area contributed by atoms with Crippen molar-refractivity contribution in [2.45, 2.75) is 27.4 Å². The fourth-order valence-corrected chi connectivity index (χ4v) is 2.72. The Morgan fingerprint density at radius 2 is 1.77 bits per heavy atom. The van der Waals surface area contributed by atoms with Gasteiger partial charge in [-0.1, -0.05) is 30.3 Å². The molecule has 26 heavy (non-hydrogen) atoms. The number of hydrogen-bond donors (Lipinski definition) is 0. The third kappa shape index (κ3) is 3.77. The highest BCUT2D eigenvalue weighted by atomic mass is 16.6. The predicted molar refractivity (Wildman–Crippen MR) is 98.4 cm³/mol. The van der Waals surface area contributed by atoms with Crippen molar-refractivity contribution in [3.63, 3.8) is 0 Å². The van der Waals surface area contributed by atoms with Crippen molar-refractivity contribution < 1.29 is 18.7 Å². The van der Waals surface area contributed by atoms with Crippen LogP contribution in [0.15, 0.2) is 51.7 Å². The molecule has 0 radical (unpaired) electrons. The predicted octanol–water partition coefficient (Wildman–Crippen LogP) is 3.84. The van der Waals surface area contributed by atoms with Crippen molar-refractivity contribution in [3.8, 4) is 5.75 Å². The van der Waals surface area contributed by atoms with E-state index in [9.17, 15) is 9.59 Å². The summed E-state index contributed by atoms with van der Waals surface area (Å²) in [4.78, 5) is 23.9. The molecule has 0 spiro atoms. The van der Waals surface area contributed by atoms with E-state index in [0.29, 0.717) is 22.3 Å². The Balaban J connectivity index is 1.77. The third-order valence-corrected chi connectivity index (χ3v) is 4.24. The lowest BCUT2D eigenvalue weighted by atomic mass is 10.0. The minimum absolute atomic E-state index is 0.199. The summed E-state index contributed by atoms with van der Waals surface area (Å²) in [6.07, 6.45) is 0. The quantitative estimate of drug-likeness (QED) is 0.516. The van der Waals surface area contributed by atoms with Gasteiger partial charge in [0.15, 0.2) is 6.61 Å². The summed E-state index contributed by atoms with van der Waals surface area (Å²) in [6.45, 7) is 5.39. The minimum atomic E-state index is -0.463. The van der Waals surface area contributed by atoms with Crippen LogP contribution in [0.4, 0.5) is 0 Å². The maximum Gasteiger partial charge on any atom is 0.344 e. The first-order chi connectivity index (χ1) is 12.5. The molecule has 0 bridgehead atoms. The highest BCUT2D eigenvalue weighted by molar-refractivity contribution is 5.88. The minimum Gasteiger partial charge on any atom is -0.481 e. The van der Waals surface area contributed by atoms with Crippen LogP contribution in [0.3, 0.4) is 0 Å². The van der Waals surface area contributed by atoms with Crippen molar-refractivity contribution in [1.29, 1.82) is 0 Å². The number of aryl methyl sites for hydroxylation is 2. The molecule has 0 saturated carbocycles. The van der Waals surface area contributed by atoms with E-state index in [1.54, 1.807) is 13.0 Å². The van der Waals surface area contributed by atoms with Gasteiger partial charge in [-0.25, -0.2) is 9.59 Å². The Morgan fingerprint density at radius 3 is 2.50 bits per heavy atom. The molecule has 134 valence electrons. The van der Waals surface area contributed by atoms with Gasteiger partial charge >= 0.3 is 11.6 Å². The molecule has 0 atom stereocenters. The molecule has 3 rings (SSSR count). The van der Waals surface area contributed by atoms with Gasteiger partial charge in [-0.2, -0.15) is 0 Å². The van der Waals surface area contributed by atoms with E-state index in [2.05, 4.69) is 0 Å². The number of esters is 1. The van der Waals surface area contributed by atoms with Crippen molar-refractivity contribution in [2.24, 2.45) is 0 Å². The van der Waals surface area contributed by atoms with Gasteiger partial charge in [0.2, 0.25) is 0 Å². The number of carbonyl (C=O) groups is 1. The molecule has 1 heterocycles. The molecule has 0 aliphatic rings. The fraction of sp³-hybridized carbons (Fsp3) is 0.238. The van der Waals surface area contributed by atoms with Crippen LogP contribution < -0.4 is 10.4 Å². The normalized spacial score (nSPS) is 10.7. The lowest BCUT2D eigenvalue weighted by Gasteiger charge is -2.12. The Labute approximate surface area is 151 Å². The Bertz CT molecular complexity index is 1000. The summed E-state index contributed by atoms with van der Waals surface area (Å²) < 4.78 is 16.3. The first-order valence-electron chi connectivity index (χ1n) is 8.32. The Hall–Kier alpha value is -3.08. The van der Waals surface area contributed by atoms with E-state index >= 15 is 0 Å². The van der Waals surface area contributed by atoms with E-state index in [1.807, 2.05) is 50.2 Å². The average molecular weight is 352 g/mol. The zero-order valence-corrected chi connectivity index (χ0v) is 15.0. The van der Waals surface area contributed by atoms with Crippen LogP contribution in [-0.2, 0) is 16.1 Å². The second-order valence-corrected chi connectivity index (χ2v) is 6.21. The molecule has 5 heteroatoms. The van der Waals surface area contributed by atoms with E-state index in [-0.39, 0.29) is 18.8 Å². The fourth-order valence-electron chi connectivity index (χ4n) is 2.72. The molecule has 2 aromatic carbocycles. The molecule has 0 amide bonds. The van der Waals surface area contributed by atoms with E-state index in [0.717, 1.165) is 16.7 Å². The van der Waals surface area contributed by atoms with Crippen molar-refractivity contribution in [2.75, 3.05) is 6.61 Å². The third-order valence-electron chi connectivity index (χ3n) is 4.24. The van der Waals surface area contributed by atoms with Crippen LogP contribution in [0.2, 0.25) is 0 Å². The molecule has 0 aliphatic carbocycles. The van der Waals surface area contributed by atoms with Gasteiger partial charge in [0.1, 0.15) is 17.9 Å². The van der Waals surface area contributed by atoms with Crippen molar-refractivity contribution in [1.82, 2.24) is 0 Å². The van der Waals surface area contributed by atoms with E-state index < -0.39 is 5.97 Å². The highest BCUT2D eigenvalue weighted by Crippen LogP contribution is 2.30. The Morgan fingerprint density at radius 1 is 1.04 bits per heavy atom. The summed E-state index contributed by atoms with van der Waals surface area (Å²) >= 11 is 0. The number of fused-ring (bicyclic) bond motifs is 1. The molecular formula is C21H20O5. The number of benzene rings is 2. The second-order valence-electron chi connectivity index (χ2n) is 6.21. The zero-order chi connectivity index (χ0) is 18.7. The van der Waals surface area contributed by atoms with Crippen LogP contribution in [0.1, 0.15) is 22.3 Å². The van der Waals surface area contributed by atoms with Gasteiger partial charge in [0, 0.05) is 5.56 Å². The largest absolute Gasteiger partial charge is 0.481 e. The SMILES string of the molecule is Cc1cc(OCC(=O)OCc2ccccc2)c2c(C)c(C)c(=O)oc2c1. The van der Waals surface area contributed by atoms with Gasteiger partial charge in [0.25, 0.3) is 0 Å². The molecule has 0 aliphatic heterocycles. The molecule has 1 aromatic heterocycles. The van der Waals surface area contributed by atoms with Crippen LogP contribution in [0, 0.1) is 20.8 Å². The van der Waals surface area contributed by atoms with Gasteiger partial charge in [-0.3, -0.25) is 0 Å². The summed E-state index contributed by atoms with van der Waals surface area (Å²) in [5, 5.41) is 0.698. The first-order valence-corrected chi connectivity index (χ1v) is 8.32. The van der Waals surface area contributed by atoms with Crippen LogP contribution in [0.25, 0.3) is 11.0 Å². The van der Waals surface area contributed by atoms with E-state index in [1.165, 1.54) is 0 Å². The highest BCUT2D eigenvalue weighted by Gasteiger charge is 2.15. The first kappa shape index (κ1) is 17.7. The maximum atomic E-state index is 12.0. The van der Waals surface area contributed by atoms with Crippen molar-refractivity contribution >= 4 is 16.9 Å². The van der Waals surface area contributed by atoms with Gasteiger partial charge in [0.05, 0.1) is 5.39 Å². The van der Waals surface area contributed by atoms with Crippen LogP contribution in [-0.4, -0.2) is 12.6 Å². The molecule has 0 unspecified atom stereocenters. The maximum absolute atomic E-state index is 12.0. The van der Waals surface area contributed by atoms with E-state index in [4.69, 9.17) is 13.9 Å². The summed E-state index contributed by atoms with van der Waals surface area (Å²) in [7, 11) is 0. The Kier molecular flexibility index (Phi) is 5.07. The molecule has 0 N–H and O–H groups in total. The number of carbonyl (C=O) groups excluding carboxylic acids is 1. The van der Waals surface area contributed by atoms with Gasteiger partial charge in [-0.15, -0.1) is 0 Å². The molecule has 3 aromatic rings. The monoisotopic (exact) mass is 352 g/mol. The molecule has 5 nitrogen and oxygen atoms in total. The van der Waals surface area contributed by atoms with Gasteiger partial charge in [-0.05, 0) is 49.6 Å². The zero-order valence-electron chi connectivity index (χ0n) is 15.0. The molecular weight excluding hydrogens is 332 g/mol. The molecule has 0 saturated heterocycles. The number of hydrogen-bond acceptors (Lipinski definition) is 5. The summed E-state index contributed by atoms with van der Waals surface area (Å²) in [6, 6.07) is 13.0. The number of ether oxygens (including phenoxy) is 2. The lowest BCUT2D eigenvalue weighted by molar-refractivity contribution is -0.147. The van der Waals surface area contributed by atoms with Crippen molar-refractivity contribution in [3.05, 3.63) is 75.1 Å². The van der Waals surface area contributed by atoms with Gasteiger partial charge < -0.3 is 13.9 Å². The lowest BCUT2D eigenvalue weighted by Crippen LogP contribution is -2.15. The van der Waals surface area contributed by atoms with Crippen LogP contribution in [0.5, 0.6) is 5.75 Å². The average Bonchev–Trinajstić information content (AvgIpc) is 2.63. The summed E-state index contributed by atoms with van der Waals surface area (Å²) in [5.41, 5.74) is 3.17. The second kappa shape index (κ2) is 7.44. The standard InChI is InChI=1S/C21H20O5/c1-13-9-17(20-14(2)15(3)21(23)26-18(20)10-13)24-12-19(22)25-11-16-7-5-4-6-8-16/h4-10H,11-12H2,1-3H3. The number of rotatable bonds is 5. The smallest absolute Gasteiger partial charge is 0.344 e. The van der Waals surface area contributed by atoms with Crippen LogP contribution >= 0.6 is 0 Å². The molecule has 0 fully saturated rings. The topological polar surface area (TPSA) is 65.7 Å². The summed E-state index contributed by atoms with van der Waals surface area (Å²) in [5.74, 6) is 0.0382.